The van der Waals surface area contributed by atoms with Crippen molar-refractivity contribution in [3.63, 3.8) is 0 Å². The average molecular weight is 420 g/mol. The molecule has 30 heavy (non-hydrogen) atoms. The van der Waals surface area contributed by atoms with Gasteiger partial charge < -0.3 is 15.3 Å². The summed E-state index contributed by atoms with van der Waals surface area (Å²) in [5.74, 6) is -1.10. The normalized spacial score (nSPS) is 20.0. The summed E-state index contributed by atoms with van der Waals surface area (Å²) in [6, 6.07) is 1.22. The van der Waals surface area contributed by atoms with E-state index in [2.05, 4.69) is 20.3 Å². The Labute approximate surface area is 169 Å². The molecule has 3 aromatic rings. The van der Waals surface area contributed by atoms with E-state index in [1.54, 1.807) is 0 Å². The third-order valence-electron chi connectivity index (χ3n) is 5.19. The maximum Gasteiger partial charge on any atom is 0.418 e. The van der Waals surface area contributed by atoms with Gasteiger partial charge in [-0.05, 0) is 19.9 Å². The van der Waals surface area contributed by atoms with Crippen LogP contribution in [-0.4, -0.2) is 55.8 Å². The number of anilines is 1. The van der Waals surface area contributed by atoms with Gasteiger partial charge in [-0.15, -0.1) is 0 Å². The highest BCUT2D eigenvalue weighted by molar-refractivity contribution is 5.96. The molecule has 1 saturated heterocycles. The van der Waals surface area contributed by atoms with Gasteiger partial charge in [0.15, 0.2) is 5.65 Å². The van der Waals surface area contributed by atoms with Crippen LogP contribution in [0.4, 0.5) is 19.0 Å². The topological polar surface area (TPSA) is 96.2 Å². The Morgan fingerprint density at radius 3 is 2.77 bits per heavy atom. The Balaban J connectivity index is 2.01. The molecule has 158 valence electrons. The van der Waals surface area contributed by atoms with E-state index in [1.165, 1.54) is 24.8 Å². The van der Waals surface area contributed by atoms with E-state index in [9.17, 15) is 23.1 Å². The molecule has 4 rings (SSSR count). The van der Waals surface area contributed by atoms with Crippen molar-refractivity contribution in [2.24, 2.45) is 0 Å². The molecule has 0 spiro atoms. The molecule has 0 bridgehead atoms. The number of hydrogen-bond acceptors (Lipinski definition) is 6. The lowest BCUT2D eigenvalue weighted by atomic mass is 10.1. The van der Waals surface area contributed by atoms with E-state index in [0.717, 1.165) is 10.8 Å². The quantitative estimate of drug-likeness (QED) is 0.673. The molecule has 0 saturated carbocycles. The van der Waals surface area contributed by atoms with Crippen molar-refractivity contribution < 1.29 is 23.1 Å². The number of fused-ring (bicyclic) bond motifs is 1. The summed E-state index contributed by atoms with van der Waals surface area (Å²) >= 11 is 0. The number of carboxylic acids is 1. The standard InChI is InChI=1S/C19H19F3N6O2/c1-10-7-27(11(2)5-24-10)16-15-13(19(20,21)22)8-28(17(15)26-9-25-16)14-6-23-4-3-12(14)18(29)30/h3-4,6,8-11,24H,5,7H2,1-2H3,(H,29,30)/t10-,11+/m0/s1. The molecule has 0 radical (unpaired) electrons. The van der Waals surface area contributed by atoms with Gasteiger partial charge in [-0.3, -0.25) is 9.55 Å². The first-order chi connectivity index (χ1) is 14.2. The number of halogens is 3. The number of pyridine rings is 1. The van der Waals surface area contributed by atoms with Crippen LogP contribution in [0.3, 0.4) is 0 Å². The molecule has 1 fully saturated rings. The van der Waals surface area contributed by atoms with E-state index in [4.69, 9.17) is 0 Å². The summed E-state index contributed by atoms with van der Waals surface area (Å²) in [6.45, 7) is 4.92. The molecular formula is C19H19F3N6O2. The van der Waals surface area contributed by atoms with Gasteiger partial charge in [0.1, 0.15) is 12.1 Å². The molecule has 2 N–H and O–H groups in total. The second kappa shape index (κ2) is 7.24. The van der Waals surface area contributed by atoms with Crippen molar-refractivity contribution in [2.75, 3.05) is 18.0 Å². The van der Waals surface area contributed by atoms with E-state index in [0.29, 0.717) is 13.1 Å². The molecule has 1 aliphatic heterocycles. The number of aromatic carboxylic acids is 1. The van der Waals surface area contributed by atoms with Crippen LogP contribution in [0, 0.1) is 0 Å². The number of nitrogens with one attached hydrogen (secondary N) is 1. The van der Waals surface area contributed by atoms with Gasteiger partial charge in [0.25, 0.3) is 0 Å². The second-order valence-corrected chi connectivity index (χ2v) is 7.32. The Morgan fingerprint density at radius 2 is 2.07 bits per heavy atom. The number of nitrogens with zero attached hydrogens (tertiary/aromatic N) is 5. The van der Waals surface area contributed by atoms with Crippen LogP contribution >= 0.6 is 0 Å². The van der Waals surface area contributed by atoms with E-state index in [-0.39, 0.29) is 40.2 Å². The van der Waals surface area contributed by atoms with Crippen LogP contribution in [0.25, 0.3) is 16.7 Å². The van der Waals surface area contributed by atoms with Gasteiger partial charge >= 0.3 is 12.1 Å². The fourth-order valence-corrected chi connectivity index (χ4v) is 3.74. The number of hydrogen-bond donors (Lipinski definition) is 2. The fraction of sp³-hybridized carbons (Fsp3) is 0.368. The van der Waals surface area contributed by atoms with Gasteiger partial charge in [0, 0.05) is 37.6 Å². The molecule has 0 unspecified atom stereocenters. The van der Waals surface area contributed by atoms with Crippen LogP contribution in [0.5, 0.6) is 0 Å². The lowest BCUT2D eigenvalue weighted by molar-refractivity contribution is -0.136. The van der Waals surface area contributed by atoms with Gasteiger partial charge in [0.05, 0.1) is 28.4 Å². The molecule has 0 aliphatic carbocycles. The first kappa shape index (κ1) is 20.1. The predicted molar refractivity (Wildman–Crippen MR) is 103 cm³/mol. The summed E-state index contributed by atoms with van der Waals surface area (Å²) in [5, 5.41) is 12.6. The smallest absolute Gasteiger partial charge is 0.418 e. The first-order valence-corrected chi connectivity index (χ1v) is 9.29. The molecule has 11 heteroatoms. The lowest BCUT2D eigenvalue weighted by Crippen LogP contribution is -2.54. The summed E-state index contributed by atoms with van der Waals surface area (Å²) in [6.07, 6.45) is -0.140. The summed E-state index contributed by atoms with van der Waals surface area (Å²) in [7, 11) is 0. The SMILES string of the molecule is C[C@@H]1CN[C@@H](C)CN1c1ncnc2c1c(C(F)(F)F)cn2-c1cnccc1C(=O)O. The van der Waals surface area contributed by atoms with Crippen molar-refractivity contribution in [3.05, 3.63) is 42.1 Å². The Morgan fingerprint density at radius 1 is 1.30 bits per heavy atom. The summed E-state index contributed by atoms with van der Waals surface area (Å²) < 4.78 is 43.1. The molecular weight excluding hydrogens is 401 g/mol. The fourth-order valence-electron chi connectivity index (χ4n) is 3.74. The summed E-state index contributed by atoms with van der Waals surface area (Å²) in [5.41, 5.74) is -1.13. The van der Waals surface area contributed by atoms with E-state index < -0.39 is 17.7 Å². The predicted octanol–water partition coefficient (Wildman–Crippen LogP) is 2.72. The highest BCUT2D eigenvalue weighted by Gasteiger charge is 2.38. The molecule has 3 aromatic heterocycles. The number of alkyl halides is 3. The Bertz CT molecular complexity index is 1110. The third kappa shape index (κ3) is 3.34. The number of aromatic nitrogens is 4. The maximum absolute atomic E-state index is 14.0. The molecule has 2 atom stereocenters. The molecule has 4 heterocycles. The largest absolute Gasteiger partial charge is 0.478 e. The highest BCUT2D eigenvalue weighted by Crippen LogP contribution is 2.41. The maximum atomic E-state index is 14.0. The number of piperazine rings is 1. The number of carboxylic acid groups (broad SMARTS) is 1. The Hall–Kier alpha value is -3.21. The minimum absolute atomic E-state index is 0.00289. The third-order valence-corrected chi connectivity index (χ3v) is 5.19. The van der Waals surface area contributed by atoms with Gasteiger partial charge in [-0.1, -0.05) is 0 Å². The molecule has 0 aromatic carbocycles. The van der Waals surface area contributed by atoms with Crippen LogP contribution in [0.1, 0.15) is 29.8 Å². The zero-order valence-electron chi connectivity index (χ0n) is 16.2. The lowest BCUT2D eigenvalue weighted by Gasteiger charge is -2.38. The van der Waals surface area contributed by atoms with Crippen LogP contribution in [0.2, 0.25) is 0 Å². The van der Waals surface area contributed by atoms with Crippen molar-refractivity contribution >= 4 is 22.8 Å². The number of rotatable bonds is 3. The van der Waals surface area contributed by atoms with Crippen LogP contribution in [-0.2, 0) is 6.18 Å². The highest BCUT2D eigenvalue weighted by atomic mass is 19.4. The average Bonchev–Trinajstić information content (AvgIpc) is 3.10. The van der Waals surface area contributed by atoms with Gasteiger partial charge in [-0.2, -0.15) is 13.2 Å². The van der Waals surface area contributed by atoms with Gasteiger partial charge in [-0.25, -0.2) is 14.8 Å². The minimum atomic E-state index is -4.68. The zero-order valence-corrected chi connectivity index (χ0v) is 16.2. The minimum Gasteiger partial charge on any atom is -0.478 e. The second-order valence-electron chi connectivity index (χ2n) is 7.32. The van der Waals surface area contributed by atoms with Crippen molar-refractivity contribution in [1.82, 2.24) is 24.8 Å². The summed E-state index contributed by atoms with van der Waals surface area (Å²) in [4.78, 5) is 25.6. The molecule has 8 nitrogen and oxygen atoms in total. The van der Waals surface area contributed by atoms with E-state index >= 15 is 0 Å². The Kier molecular flexibility index (Phi) is 4.85. The van der Waals surface area contributed by atoms with Crippen molar-refractivity contribution in [2.45, 2.75) is 32.1 Å². The number of carbonyl (C=O) groups is 1. The van der Waals surface area contributed by atoms with Gasteiger partial charge in [0.2, 0.25) is 0 Å². The monoisotopic (exact) mass is 420 g/mol. The first-order valence-electron chi connectivity index (χ1n) is 9.29. The molecule has 1 aliphatic rings. The van der Waals surface area contributed by atoms with Crippen molar-refractivity contribution in [1.29, 1.82) is 0 Å². The van der Waals surface area contributed by atoms with Crippen molar-refractivity contribution in [3.8, 4) is 5.69 Å². The van der Waals surface area contributed by atoms with Crippen LogP contribution < -0.4 is 10.2 Å². The van der Waals surface area contributed by atoms with E-state index in [1.807, 2.05) is 18.7 Å². The van der Waals surface area contributed by atoms with Crippen LogP contribution in [0.15, 0.2) is 31.0 Å². The zero-order chi connectivity index (χ0) is 21.6. The molecule has 0 amide bonds.